The summed E-state index contributed by atoms with van der Waals surface area (Å²) in [5.74, 6) is 1.11. The number of hydrogen-bond donors (Lipinski definition) is 1. The van der Waals surface area contributed by atoms with E-state index in [0.29, 0.717) is 5.41 Å². The molecule has 3 nitrogen and oxygen atoms in total. The smallest absolute Gasteiger partial charge is 0.183 e. The summed E-state index contributed by atoms with van der Waals surface area (Å²) in [4.78, 5) is 4.15. The zero-order chi connectivity index (χ0) is 11.9. The van der Waals surface area contributed by atoms with Gasteiger partial charge < -0.3 is 0 Å². The maximum absolute atomic E-state index is 4.15. The number of aromatic amines is 1. The Morgan fingerprint density at radius 3 is 2.50 bits per heavy atom. The average molecular weight is 306 g/mol. The monoisotopic (exact) mass is 305 g/mol. The van der Waals surface area contributed by atoms with Crippen molar-refractivity contribution in [1.29, 1.82) is 0 Å². The van der Waals surface area contributed by atoms with Gasteiger partial charge in [-0.05, 0) is 18.3 Å². The molecule has 0 fully saturated rings. The SMILES string of the molecule is CCCC(CBr)(CCC)CSc1ncn[nH]1. The van der Waals surface area contributed by atoms with E-state index in [1.165, 1.54) is 25.7 Å². The summed E-state index contributed by atoms with van der Waals surface area (Å²) in [7, 11) is 0. The van der Waals surface area contributed by atoms with E-state index < -0.39 is 0 Å². The standard InChI is InChI=1S/C11H20BrN3S/c1-3-5-11(7-12,6-4-2)8-16-10-13-9-14-15-10/h9H,3-8H2,1-2H3,(H,13,14,15). The molecule has 0 bridgehead atoms. The molecular weight excluding hydrogens is 286 g/mol. The molecule has 0 saturated carbocycles. The number of nitrogens with one attached hydrogen (secondary N) is 1. The number of hydrogen-bond acceptors (Lipinski definition) is 3. The highest BCUT2D eigenvalue weighted by Gasteiger charge is 2.27. The molecule has 0 unspecified atom stereocenters. The van der Waals surface area contributed by atoms with Gasteiger partial charge in [-0.25, -0.2) is 4.98 Å². The third-order valence-electron chi connectivity index (χ3n) is 2.75. The van der Waals surface area contributed by atoms with Crippen LogP contribution >= 0.6 is 27.7 Å². The lowest BCUT2D eigenvalue weighted by molar-refractivity contribution is 0.320. The normalized spacial score (nSPS) is 11.9. The van der Waals surface area contributed by atoms with Crippen molar-refractivity contribution in [2.45, 2.75) is 44.7 Å². The molecule has 1 N–H and O–H groups in total. The quantitative estimate of drug-likeness (QED) is 0.585. The van der Waals surface area contributed by atoms with Gasteiger partial charge in [0.2, 0.25) is 0 Å². The number of H-pyrrole nitrogens is 1. The fraction of sp³-hybridized carbons (Fsp3) is 0.818. The Balaban J connectivity index is 2.54. The third kappa shape index (κ3) is 4.09. The lowest BCUT2D eigenvalue weighted by Gasteiger charge is -2.30. The van der Waals surface area contributed by atoms with Crippen LogP contribution in [0.2, 0.25) is 0 Å². The molecular formula is C11H20BrN3S. The van der Waals surface area contributed by atoms with E-state index in [2.05, 4.69) is 45.0 Å². The minimum atomic E-state index is 0.404. The molecule has 5 heteroatoms. The van der Waals surface area contributed by atoms with Crippen LogP contribution in [0.4, 0.5) is 0 Å². The summed E-state index contributed by atoms with van der Waals surface area (Å²) in [6, 6.07) is 0. The van der Waals surface area contributed by atoms with Crippen LogP contribution in [0.15, 0.2) is 11.5 Å². The molecule has 0 radical (unpaired) electrons. The zero-order valence-corrected chi connectivity index (χ0v) is 12.4. The van der Waals surface area contributed by atoms with Gasteiger partial charge >= 0.3 is 0 Å². The molecule has 0 aliphatic heterocycles. The molecule has 0 aromatic carbocycles. The largest absolute Gasteiger partial charge is 0.254 e. The first kappa shape index (κ1) is 14.0. The van der Waals surface area contributed by atoms with Crippen LogP contribution < -0.4 is 0 Å². The zero-order valence-electron chi connectivity index (χ0n) is 10.0. The molecule has 1 aromatic heterocycles. The van der Waals surface area contributed by atoms with E-state index in [9.17, 15) is 0 Å². The lowest BCUT2D eigenvalue weighted by atomic mass is 9.83. The van der Waals surface area contributed by atoms with Crippen molar-refractivity contribution in [3.8, 4) is 0 Å². The fourth-order valence-electron chi connectivity index (χ4n) is 1.99. The highest BCUT2D eigenvalue weighted by atomic mass is 79.9. The first-order valence-corrected chi connectivity index (χ1v) is 7.91. The Morgan fingerprint density at radius 2 is 2.06 bits per heavy atom. The molecule has 92 valence electrons. The van der Waals surface area contributed by atoms with Gasteiger partial charge in [0, 0.05) is 11.1 Å². The number of rotatable bonds is 8. The van der Waals surface area contributed by atoms with Crippen LogP contribution in [-0.4, -0.2) is 26.3 Å². The molecule has 1 heterocycles. The van der Waals surface area contributed by atoms with E-state index in [0.717, 1.165) is 16.2 Å². The highest BCUT2D eigenvalue weighted by molar-refractivity contribution is 9.09. The van der Waals surface area contributed by atoms with Crippen molar-refractivity contribution < 1.29 is 0 Å². The van der Waals surface area contributed by atoms with E-state index in [-0.39, 0.29) is 0 Å². The van der Waals surface area contributed by atoms with Crippen molar-refractivity contribution >= 4 is 27.7 Å². The summed E-state index contributed by atoms with van der Waals surface area (Å²) in [6.07, 6.45) is 6.59. The molecule has 0 saturated heterocycles. The number of alkyl halides is 1. The van der Waals surface area contributed by atoms with Crippen molar-refractivity contribution in [3.63, 3.8) is 0 Å². The molecule has 16 heavy (non-hydrogen) atoms. The van der Waals surface area contributed by atoms with E-state index in [4.69, 9.17) is 0 Å². The van der Waals surface area contributed by atoms with Crippen LogP contribution in [0.3, 0.4) is 0 Å². The molecule has 0 atom stereocenters. The van der Waals surface area contributed by atoms with Gasteiger partial charge in [0.15, 0.2) is 5.16 Å². The maximum atomic E-state index is 4.15. The Morgan fingerprint density at radius 1 is 1.38 bits per heavy atom. The molecule has 1 aromatic rings. The van der Waals surface area contributed by atoms with E-state index in [1.54, 1.807) is 18.1 Å². The van der Waals surface area contributed by atoms with Crippen LogP contribution in [0.5, 0.6) is 0 Å². The minimum absolute atomic E-state index is 0.404. The van der Waals surface area contributed by atoms with Gasteiger partial charge in [-0.2, -0.15) is 5.10 Å². The van der Waals surface area contributed by atoms with Crippen molar-refractivity contribution in [2.24, 2.45) is 5.41 Å². The van der Waals surface area contributed by atoms with Gasteiger partial charge in [-0.15, -0.1) is 0 Å². The molecule has 0 aliphatic carbocycles. The molecule has 0 spiro atoms. The van der Waals surface area contributed by atoms with Gasteiger partial charge in [-0.3, -0.25) is 5.10 Å². The molecule has 0 amide bonds. The van der Waals surface area contributed by atoms with E-state index in [1.807, 2.05) is 0 Å². The summed E-state index contributed by atoms with van der Waals surface area (Å²) in [5, 5.41) is 8.78. The van der Waals surface area contributed by atoms with Crippen molar-refractivity contribution in [1.82, 2.24) is 15.2 Å². The van der Waals surface area contributed by atoms with Gasteiger partial charge in [-0.1, -0.05) is 54.4 Å². The Bertz CT molecular complexity index is 271. The van der Waals surface area contributed by atoms with E-state index >= 15 is 0 Å². The van der Waals surface area contributed by atoms with Crippen LogP contribution in [0.1, 0.15) is 39.5 Å². The summed E-state index contributed by atoms with van der Waals surface area (Å²) in [5.41, 5.74) is 0.404. The van der Waals surface area contributed by atoms with Gasteiger partial charge in [0.05, 0.1) is 0 Å². The number of thioether (sulfide) groups is 1. The van der Waals surface area contributed by atoms with Gasteiger partial charge in [0.25, 0.3) is 0 Å². The number of aromatic nitrogens is 3. The van der Waals surface area contributed by atoms with Crippen LogP contribution in [0.25, 0.3) is 0 Å². The third-order valence-corrected chi connectivity index (χ3v) is 5.17. The highest BCUT2D eigenvalue weighted by Crippen LogP contribution is 2.36. The second-order valence-corrected chi connectivity index (χ2v) is 5.74. The molecule has 0 aliphatic rings. The fourth-order valence-corrected chi connectivity index (χ4v) is 4.08. The minimum Gasteiger partial charge on any atom is -0.254 e. The first-order valence-electron chi connectivity index (χ1n) is 5.80. The Kier molecular flexibility index (Phi) is 6.43. The summed E-state index contributed by atoms with van der Waals surface area (Å²) < 4.78 is 0. The Hall–Kier alpha value is -0.0300. The predicted octanol–water partition coefficient (Wildman–Crippen LogP) is 3.88. The van der Waals surface area contributed by atoms with Crippen molar-refractivity contribution in [3.05, 3.63) is 6.33 Å². The van der Waals surface area contributed by atoms with Crippen molar-refractivity contribution in [2.75, 3.05) is 11.1 Å². The second-order valence-electron chi connectivity index (χ2n) is 4.21. The lowest BCUT2D eigenvalue weighted by Crippen LogP contribution is -2.25. The predicted molar refractivity (Wildman–Crippen MR) is 73.1 cm³/mol. The maximum Gasteiger partial charge on any atom is 0.183 e. The number of nitrogens with zero attached hydrogens (tertiary/aromatic N) is 2. The number of halogens is 1. The average Bonchev–Trinajstić information content (AvgIpc) is 2.79. The van der Waals surface area contributed by atoms with Crippen LogP contribution in [-0.2, 0) is 0 Å². The van der Waals surface area contributed by atoms with Gasteiger partial charge in [0.1, 0.15) is 6.33 Å². The summed E-state index contributed by atoms with van der Waals surface area (Å²) in [6.45, 7) is 4.51. The Labute approximate surface area is 110 Å². The topological polar surface area (TPSA) is 41.6 Å². The second kappa shape index (κ2) is 7.33. The molecule has 1 rings (SSSR count). The van der Waals surface area contributed by atoms with Crippen LogP contribution in [0, 0.1) is 5.41 Å². The first-order chi connectivity index (χ1) is 7.76. The summed E-state index contributed by atoms with van der Waals surface area (Å²) >= 11 is 5.46.